The number of hydrogen-bond donors (Lipinski definition) is 1. The third-order valence-corrected chi connectivity index (χ3v) is 7.68. The molecule has 0 spiro atoms. The van der Waals surface area contributed by atoms with Crippen LogP contribution >= 0.6 is 0 Å². The Bertz CT molecular complexity index is 1390. The maximum absolute atomic E-state index is 14.0. The first-order valence-corrected chi connectivity index (χ1v) is 13.3. The van der Waals surface area contributed by atoms with Crippen molar-refractivity contribution in [2.75, 3.05) is 0 Å². The van der Waals surface area contributed by atoms with Crippen molar-refractivity contribution in [2.24, 2.45) is 0 Å². The second-order valence-electron chi connectivity index (χ2n) is 10.0. The highest BCUT2D eigenvalue weighted by molar-refractivity contribution is 5.76. The number of rotatable bonds is 4. The summed E-state index contributed by atoms with van der Waals surface area (Å²) in [6.45, 7) is 2.51. The molecule has 37 heavy (non-hydrogen) atoms. The molecule has 4 aromatic rings. The van der Waals surface area contributed by atoms with Gasteiger partial charge in [-0.3, -0.25) is 0 Å². The molecule has 0 radical (unpaired) electrons. The molecule has 1 unspecified atom stereocenters. The van der Waals surface area contributed by atoms with Crippen LogP contribution in [-0.4, -0.2) is 31.3 Å². The molecular formula is C30H32FN5O. The van der Waals surface area contributed by atoms with Crippen molar-refractivity contribution in [3.8, 4) is 11.5 Å². The Morgan fingerprint density at radius 3 is 2.49 bits per heavy atom. The van der Waals surface area contributed by atoms with Gasteiger partial charge in [-0.1, -0.05) is 56.5 Å². The number of urea groups is 1. The van der Waals surface area contributed by atoms with Gasteiger partial charge in [-0.2, -0.15) is 5.10 Å². The van der Waals surface area contributed by atoms with Crippen molar-refractivity contribution >= 4 is 6.03 Å². The lowest BCUT2D eigenvalue weighted by Crippen LogP contribution is -2.46. The van der Waals surface area contributed by atoms with E-state index in [1.807, 2.05) is 52.2 Å². The minimum atomic E-state index is -0.375. The van der Waals surface area contributed by atoms with E-state index in [1.165, 1.54) is 18.6 Å². The number of carbonyl (C=O) groups excluding carboxylic acids is 1. The normalized spacial score (nSPS) is 17.7. The van der Waals surface area contributed by atoms with Crippen LogP contribution < -0.4 is 5.32 Å². The van der Waals surface area contributed by atoms with Crippen molar-refractivity contribution in [1.29, 1.82) is 0 Å². The average Bonchev–Trinajstić information content (AvgIpc) is 3.51. The number of nitrogens with zero attached hydrogens (tertiary/aromatic N) is 4. The molecule has 1 N–H and O–H groups in total. The highest BCUT2D eigenvalue weighted by Gasteiger charge is 2.37. The summed E-state index contributed by atoms with van der Waals surface area (Å²) in [6.07, 6.45) is 8.31. The van der Waals surface area contributed by atoms with Gasteiger partial charge in [0.25, 0.3) is 0 Å². The first kappa shape index (κ1) is 23.5. The number of carbonyl (C=O) groups is 1. The highest BCUT2D eigenvalue weighted by Crippen LogP contribution is 2.39. The summed E-state index contributed by atoms with van der Waals surface area (Å²) in [7, 11) is 0. The number of hydrogen-bond acceptors (Lipinski definition) is 2. The Balaban J connectivity index is 1.52. The van der Waals surface area contributed by atoms with E-state index in [2.05, 4.69) is 22.9 Å². The van der Waals surface area contributed by atoms with Crippen molar-refractivity contribution in [3.05, 3.63) is 101 Å². The molecule has 3 heterocycles. The molecule has 2 aliphatic rings. The Hall–Kier alpha value is -3.87. The van der Waals surface area contributed by atoms with Crippen molar-refractivity contribution in [2.45, 2.75) is 64.1 Å². The third kappa shape index (κ3) is 4.32. The number of aromatic nitrogens is 3. The van der Waals surface area contributed by atoms with Crippen LogP contribution in [0.3, 0.4) is 0 Å². The van der Waals surface area contributed by atoms with Crippen LogP contribution in [0, 0.1) is 5.82 Å². The van der Waals surface area contributed by atoms with Gasteiger partial charge in [-0.25, -0.2) is 13.9 Å². The first-order chi connectivity index (χ1) is 18.1. The van der Waals surface area contributed by atoms with E-state index in [0.717, 1.165) is 66.1 Å². The van der Waals surface area contributed by atoms with E-state index in [4.69, 9.17) is 5.10 Å². The maximum atomic E-state index is 14.0. The van der Waals surface area contributed by atoms with Gasteiger partial charge in [0, 0.05) is 17.8 Å². The van der Waals surface area contributed by atoms with Gasteiger partial charge >= 0.3 is 6.03 Å². The molecule has 6 nitrogen and oxygen atoms in total. The van der Waals surface area contributed by atoms with Crippen LogP contribution in [0.5, 0.6) is 0 Å². The zero-order chi connectivity index (χ0) is 25.4. The van der Waals surface area contributed by atoms with Crippen LogP contribution in [-0.2, 0) is 13.0 Å². The molecule has 190 valence electrons. The summed E-state index contributed by atoms with van der Waals surface area (Å²) in [4.78, 5) is 15.9. The van der Waals surface area contributed by atoms with Gasteiger partial charge in [0.2, 0.25) is 0 Å². The van der Waals surface area contributed by atoms with Crippen molar-refractivity contribution < 1.29 is 9.18 Å². The molecule has 1 aliphatic carbocycles. The summed E-state index contributed by atoms with van der Waals surface area (Å²) in [5, 5.41) is 8.34. The summed E-state index contributed by atoms with van der Waals surface area (Å²) >= 11 is 0. The van der Waals surface area contributed by atoms with Crippen LogP contribution in [0.25, 0.3) is 11.5 Å². The fourth-order valence-corrected chi connectivity index (χ4v) is 5.85. The van der Waals surface area contributed by atoms with E-state index in [1.54, 1.807) is 12.1 Å². The molecule has 1 saturated carbocycles. The predicted molar refractivity (Wildman–Crippen MR) is 141 cm³/mol. The van der Waals surface area contributed by atoms with Gasteiger partial charge in [-0.05, 0) is 61.2 Å². The minimum Gasteiger partial charge on any atom is -0.335 e. The van der Waals surface area contributed by atoms with Crippen LogP contribution in [0.1, 0.15) is 67.6 Å². The fourth-order valence-electron chi connectivity index (χ4n) is 5.85. The Morgan fingerprint density at radius 1 is 1.00 bits per heavy atom. The molecule has 2 amide bonds. The van der Waals surface area contributed by atoms with Gasteiger partial charge in [0.1, 0.15) is 11.6 Å². The number of aryl methyl sites for hydroxylation is 1. The van der Waals surface area contributed by atoms with Gasteiger partial charge in [-0.15, -0.1) is 0 Å². The topological polar surface area (TPSA) is 55.1 Å². The zero-order valence-electron chi connectivity index (χ0n) is 21.1. The molecule has 1 atom stereocenters. The van der Waals surface area contributed by atoms with Crippen molar-refractivity contribution in [3.63, 3.8) is 0 Å². The lowest BCUT2D eigenvalue weighted by molar-refractivity contribution is 0.173. The minimum absolute atomic E-state index is 0.0867. The summed E-state index contributed by atoms with van der Waals surface area (Å²) in [6, 6.07) is 20.4. The van der Waals surface area contributed by atoms with E-state index in [-0.39, 0.29) is 23.9 Å². The second-order valence-corrected chi connectivity index (χ2v) is 10.0. The number of benzene rings is 2. The third-order valence-electron chi connectivity index (χ3n) is 7.68. The van der Waals surface area contributed by atoms with Crippen molar-refractivity contribution in [1.82, 2.24) is 24.6 Å². The maximum Gasteiger partial charge on any atom is 0.318 e. The fraction of sp³-hybridized carbons (Fsp3) is 0.333. The molecule has 2 aromatic heterocycles. The van der Waals surface area contributed by atoms with Gasteiger partial charge in [0.15, 0.2) is 0 Å². The number of amides is 2. The second kappa shape index (κ2) is 9.88. The van der Waals surface area contributed by atoms with E-state index >= 15 is 0 Å². The average molecular weight is 498 g/mol. The van der Waals surface area contributed by atoms with E-state index < -0.39 is 0 Å². The summed E-state index contributed by atoms with van der Waals surface area (Å²) in [5.41, 5.74) is 4.80. The SMILES string of the molecule is CCc1nn(-c2ccccc2)c2c1CN(C(=O)NC1CCCCC1)C(c1ccc(F)cc1)c1cccn1-2. The molecular weight excluding hydrogens is 465 g/mol. The van der Waals surface area contributed by atoms with Gasteiger partial charge in [0.05, 0.1) is 29.7 Å². The molecule has 1 aliphatic heterocycles. The molecule has 0 saturated heterocycles. The number of fused-ring (bicyclic) bond motifs is 3. The number of para-hydroxylation sites is 1. The summed E-state index contributed by atoms with van der Waals surface area (Å²) in [5.74, 6) is 0.658. The summed E-state index contributed by atoms with van der Waals surface area (Å²) < 4.78 is 18.1. The number of nitrogens with one attached hydrogen (secondary N) is 1. The molecule has 0 bridgehead atoms. The Morgan fingerprint density at radius 2 is 1.76 bits per heavy atom. The Kier molecular flexibility index (Phi) is 6.28. The molecule has 1 fully saturated rings. The first-order valence-electron chi connectivity index (χ1n) is 13.3. The lowest BCUT2D eigenvalue weighted by Gasteiger charge is -2.33. The smallest absolute Gasteiger partial charge is 0.318 e. The van der Waals surface area contributed by atoms with Gasteiger partial charge < -0.3 is 14.8 Å². The van der Waals surface area contributed by atoms with E-state index in [0.29, 0.717) is 6.54 Å². The highest BCUT2D eigenvalue weighted by atomic mass is 19.1. The predicted octanol–water partition coefficient (Wildman–Crippen LogP) is 6.31. The quantitative estimate of drug-likeness (QED) is 0.359. The number of halogens is 1. The molecule has 7 heteroatoms. The molecule has 2 aromatic carbocycles. The molecule has 6 rings (SSSR count). The Labute approximate surface area is 216 Å². The largest absolute Gasteiger partial charge is 0.335 e. The lowest BCUT2D eigenvalue weighted by atomic mass is 9.95. The zero-order valence-corrected chi connectivity index (χ0v) is 21.1. The standard InChI is InChI=1S/C30H32FN5O/c1-2-26-25-20-35(30(37)32-23-10-5-3-6-11-23)28(21-15-17-22(31)18-16-21)27-14-9-19-34(27)29(25)36(33-26)24-12-7-4-8-13-24/h4,7-9,12-19,23,28H,2-3,5-6,10-11,20H2,1H3,(H,32,37). The van der Waals surface area contributed by atoms with Crippen LogP contribution in [0.15, 0.2) is 72.9 Å². The monoisotopic (exact) mass is 497 g/mol. The van der Waals surface area contributed by atoms with E-state index in [9.17, 15) is 9.18 Å². The van der Waals surface area contributed by atoms with Crippen LogP contribution in [0.4, 0.5) is 9.18 Å². The van der Waals surface area contributed by atoms with Crippen LogP contribution in [0.2, 0.25) is 0 Å².